The van der Waals surface area contributed by atoms with Crippen LogP contribution in [-0.2, 0) is 0 Å². The maximum absolute atomic E-state index is 3.64. The normalized spacial score (nSPS) is 13.3. The molecule has 2 heteroatoms. The van der Waals surface area contributed by atoms with E-state index in [1.807, 2.05) is 11.3 Å². The molecule has 0 fully saturated rings. The van der Waals surface area contributed by atoms with E-state index in [0.717, 1.165) is 12.5 Å². The van der Waals surface area contributed by atoms with Gasteiger partial charge in [-0.05, 0) is 36.4 Å². The van der Waals surface area contributed by atoms with Crippen LogP contribution in [0, 0.1) is 5.92 Å². The van der Waals surface area contributed by atoms with Gasteiger partial charge in [-0.15, -0.1) is 11.3 Å². The molecule has 0 aliphatic heterocycles. The lowest BCUT2D eigenvalue weighted by molar-refractivity contribution is 0.460. The quantitative estimate of drug-likeness (QED) is 0.715. The Bertz CT molecular complexity index is 468. The van der Waals surface area contributed by atoms with Crippen LogP contribution >= 0.6 is 11.3 Å². The van der Waals surface area contributed by atoms with Crippen LogP contribution in [0.2, 0.25) is 0 Å². The van der Waals surface area contributed by atoms with E-state index in [0.29, 0.717) is 6.04 Å². The minimum atomic E-state index is 0.529. The van der Waals surface area contributed by atoms with Crippen molar-refractivity contribution in [3.63, 3.8) is 0 Å². The first-order valence-corrected chi connectivity index (χ1v) is 8.24. The van der Waals surface area contributed by atoms with Crippen molar-refractivity contribution in [3.05, 3.63) is 35.2 Å². The van der Waals surface area contributed by atoms with Crippen LogP contribution in [0.1, 0.15) is 51.0 Å². The minimum absolute atomic E-state index is 0.529. The van der Waals surface area contributed by atoms with Gasteiger partial charge in [0.1, 0.15) is 0 Å². The van der Waals surface area contributed by atoms with Crippen LogP contribution < -0.4 is 5.32 Å². The SMILES string of the molecule is CCNC(CCCC(C)C)c1cc2ccccc2s1. The topological polar surface area (TPSA) is 12.0 Å². The zero-order chi connectivity index (χ0) is 13.7. The van der Waals surface area contributed by atoms with Crippen molar-refractivity contribution in [2.75, 3.05) is 6.54 Å². The second-order valence-electron chi connectivity index (χ2n) is 5.62. The Morgan fingerprint density at radius 3 is 2.63 bits per heavy atom. The van der Waals surface area contributed by atoms with Crippen LogP contribution in [0.3, 0.4) is 0 Å². The molecule has 0 radical (unpaired) electrons. The van der Waals surface area contributed by atoms with E-state index in [1.165, 1.54) is 34.2 Å². The molecule has 1 nitrogen and oxygen atoms in total. The van der Waals surface area contributed by atoms with Gasteiger partial charge in [-0.1, -0.05) is 51.8 Å². The predicted molar refractivity (Wildman–Crippen MR) is 86.9 cm³/mol. The van der Waals surface area contributed by atoms with E-state index in [-0.39, 0.29) is 0 Å². The Kier molecular flexibility index (Phi) is 5.41. The fourth-order valence-corrected chi connectivity index (χ4v) is 3.67. The van der Waals surface area contributed by atoms with E-state index >= 15 is 0 Å². The van der Waals surface area contributed by atoms with Crippen LogP contribution in [-0.4, -0.2) is 6.54 Å². The zero-order valence-electron chi connectivity index (χ0n) is 12.3. The van der Waals surface area contributed by atoms with Crippen LogP contribution in [0.5, 0.6) is 0 Å². The smallest absolute Gasteiger partial charge is 0.0415 e. The molecule has 2 aromatic rings. The van der Waals surface area contributed by atoms with Crippen molar-refractivity contribution in [2.45, 2.75) is 46.1 Å². The van der Waals surface area contributed by atoms with Crippen molar-refractivity contribution in [3.8, 4) is 0 Å². The average molecular weight is 275 g/mol. The van der Waals surface area contributed by atoms with Crippen molar-refractivity contribution < 1.29 is 0 Å². The molecule has 0 saturated heterocycles. The molecule has 1 atom stereocenters. The van der Waals surface area contributed by atoms with Crippen molar-refractivity contribution >= 4 is 21.4 Å². The molecule has 0 amide bonds. The lowest BCUT2D eigenvalue weighted by Crippen LogP contribution is -2.20. The summed E-state index contributed by atoms with van der Waals surface area (Å²) in [6, 6.07) is 11.6. The third kappa shape index (κ3) is 4.05. The number of hydrogen-bond acceptors (Lipinski definition) is 2. The molecular weight excluding hydrogens is 250 g/mol. The lowest BCUT2D eigenvalue weighted by atomic mass is 10.0. The largest absolute Gasteiger partial charge is 0.310 e. The number of nitrogens with one attached hydrogen (secondary N) is 1. The molecule has 0 saturated carbocycles. The summed E-state index contributed by atoms with van der Waals surface area (Å²) in [7, 11) is 0. The third-order valence-electron chi connectivity index (χ3n) is 3.51. The molecule has 1 N–H and O–H groups in total. The van der Waals surface area contributed by atoms with Gasteiger partial charge in [0.25, 0.3) is 0 Å². The monoisotopic (exact) mass is 275 g/mol. The summed E-state index contributed by atoms with van der Waals surface area (Å²) in [5.74, 6) is 0.810. The first-order valence-electron chi connectivity index (χ1n) is 7.42. The molecule has 1 heterocycles. The molecule has 0 spiro atoms. The highest BCUT2D eigenvalue weighted by Crippen LogP contribution is 2.32. The van der Waals surface area contributed by atoms with E-state index in [1.54, 1.807) is 0 Å². The van der Waals surface area contributed by atoms with Crippen molar-refractivity contribution in [1.82, 2.24) is 5.32 Å². The van der Waals surface area contributed by atoms with Gasteiger partial charge in [0.05, 0.1) is 0 Å². The molecule has 19 heavy (non-hydrogen) atoms. The summed E-state index contributed by atoms with van der Waals surface area (Å²) in [5.41, 5.74) is 0. The zero-order valence-corrected chi connectivity index (χ0v) is 13.1. The first kappa shape index (κ1) is 14.5. The van der Waals surface area contributed by atoms with E-state index < -0.39 is 0 Å². The van der Waals surface area contributed by atoms with Gasteiger partial charge < -0.3 is 5.32 Å². The number of thiophene rings is 1. The van der Waals surface area contributed by atoms with Crippen LogP contribution in [0.25, 0.3) is 10.1 Å². The van der Waals surface area contributed by atoms with Crippen molar-refractivity contribution in [1.29, 1.82) is 0 Å². The minimum Gasteiger partial charge on any atom is -0.310 e. The highest BCUT2D eigenvalue weighted by Gasteiger charge is 2.13. The van der Waals surface area contributed by atoms with Crippen LogP contribution in [0.4, 0.5) is 0 Å². The Morgan fingerprint density at radius 1 is 1.16 bits per heavy atom. The fourth-order valence-electron chi connectivity index (χ4n) is 2.50. The second kappa shape index (κ2) is 7.06. The summed E-state index contributed by atoms with van der Waals surface area (Å²) in [6.07, 6.45) is 3.88. The van der Waals surface area contributed by atoms with Crippen molar-refractivity contribution in [2.24, 2.45) is 5.92 Å². The number of benzene rings is 1. The Balaban J connectivity index is 2.08. The summed E-state index contributed by atoms with van der Waals surface area (Å²) in [4.78, 5) is 1.49. The Labute approximate surface area is 121 Å². The Hall–Kier alpha value is -0.860. The second-order valence-corrected chi connectivity index (χ2v) is 6.74. The lowest BCUT2D eigenvalue weighted by Gasteiger charge is -2.16. The van der Waals surface area contributed by atoms with Gasteiger partial charge in [-0.3, -0.25) is 0 Å². The Morgan fingerprint density at radius 2 is 1.95 bits per heavy atom. The third-order valence-corrected chi connectivity index (χ3v) is 4.74. The summed E-state index contributed by atoms with van der Waals surface area (Å²) < 4.78 is 1.41. The number of fused-ring (bicyclic) bond motifs is 1. The molecule has 2 rings (SSSR count). The first-order chi connectivity index (χ1) is 9.20. The standard InChI is InChI=1S/C17H25NS/c1-4-18-15(10-7-8-13(2)3)17-12-14-9-5-6-11-16(14)19-17/h5-6,9,11-13,15,18H,4,7-8,10H2,1-3H3. The molecule has 0 bridgehead atoms. The van der Waals surface area contributed by atoms with Gasteiger partial charge in [0, 0.05) is 15.6 Å². The van der Waals surface area contributed by atoms with E-state index in [9.17, 15) is 0 Å². The van der Waals surface area contributed by atoms with Gasteiger partial charge in [-0.25, -0.2) is 0 Å². The molecule has 104 valence electrons. The molecule has 1 unspecified atom stereocenters. The maximum atomic E-state index is 3.64. The molecule has 1 aromatic carbocycles. The number of rotatable bonds is 7. The number of hydrogen-bond donors (Lipinski definition) is 1. The fraction of sp³-hybridized carbons (Fsp3) is 0.529. The predicted octanol–water partition coefficient (Wildman–Crippen LogP) is 5.38. The molecule has 1 aromatic heterocycles. The summed E-state index contributed by atoms with van der Waals surface area (Å²) in [6.45, 7) is 7.85. The van der Waals surface area contributed by atoms with Gasteiger partial charge in [-0.2, -0.15) is 0 Å². The highest BCUT2D eigenvalue weighted by molar-refractivity contribution is 7.19. The molecule has 0 aliphatic carbocycles. The van der Waals surface area contributed by atoms with E-state index in [4.69, 9.17) is 0 Å². The highest BCUT2D eigenvalue weighted by atomic mass is 32.1. The van der Waals surface area contributed by atoms with Crippen LogP contribution in [0.15, 0.2) is 30.3 Å². The van der Waals surface area contributed by atoms with Gasteiger partial charge in [0.2, 0.25) is 0 Å². The average Bonchev–Trinajstić information content (AvgIpc) is 2.81. The van der Waals surface area contributed by atoms with Gasteiger partial charge in [0.15, 0.2) is 0 Å². The molecule has 0 aliphatic rings. The molecular formula is C17H25NS. The summed E-state index contributed by atoms with van der Waals surface area (Å²) in [5, 5.41) is 5.03. The maximum Gasteiger partial charge on any atom is 0.0415 e. The van der Waals surface area contributed by atoms with E-state index in [2.05, 4.69) is 56.4 Å². The summed E-state index contributed by atoms with van der Waals surface area (Å²) >= 11 is 1.94. The van der Waals surface area contributed by atoms with Gasteiger partial charge >= 0.3 is 0 Å².